The molecule has 2 aromatic rings. The molecule has 2 unspecified atom stereocenters. The van der Waals surface area contributed by atoms with Gasteiger partial charge in [-0.15, -0.1) is 0 Å². The molecule has 5 heteroatoms. The van der Waals surface area contributed by atoms with E-state index in [0.717, 1.165) is 18.4 Å². The predicted octanol–water partition coefficient (Wildman–Crippen LogP) is 8.38. The number of carbonyl (C=O) groups is 1. The fourth-order valence-electron chi connectivity index (χ4n) is 4.36. The largest absolute Gasteiger partial charge is 0.410 e. The molecule has 2 radical (unpaired) electrons. The second-order valence-corrected chi connectivity index (χ2v) is 16.4. The van der Waals surface area contributed by atoms with Gasteiger partial charge in [0.05, 0.1) is 12.2 Å². The minimum absolute atomic E-state index is 0.000198. The maximum Gasteiger partial charge on any atom is 0.205 e. The molecule has 0 aliphatic rings. The van der Waals surface area contributed by atoms with Gasteiger partial charge in [0.2, 0.25) is 18.1 Å². The molecule has 0 bridgehead atoms. The molecule has 35 heavy (non-hydrogen) atoms. The zero-order chi connectivity index (χ0) is 26.6. The molecular formula is C30H46O3Si2. The van der Waals surface area contributed by atoms with E-state index >= 15 is 0 Å². The minimum atomic E-state index is -0.909. The van der Waals surface area contributed by atoms with E-state index in [1.165, 1.54) is 22.3 Å². The van der Waals surface area contributed by atoms with Crippen LogP contribution in [0, 0.1) is 10.8 Å². The summed E-state index contributed by atoms with van der Waals surface area (Å²) in [4.78, 5) is 11.8. The van der Waals surface area contributed by atoms with Gasteiger partial charge in [-0.05, 0) is 85.1 Å². The number of ketones is 1. The lowest BCUT2D eigenvalue weighted by molar-refractivity contribution is 0.0655. The van der Waals surface area contributed by atoms with Gasteiger partial charge in [0, 0.05) is 5.56 Å². The number of rotatable bonds is 10. The highest BCUT2D eigenvalue weighted by Crippen LogP contribution is 2.45. The molecule has 0 N–H and O–H groups in total. The molecule has 0 amide bonds. The topological polar surface area (TPSA) is 35.5 Å². The quantitative estimate of drug-likeness (QED) is 0.238. The molecule has 0 fully saturated rings. The van der Waals surface area contributed by atoms with Crippen molar-refractivity contribution in [3.05, 3.63) is 70.3 Å². The highest BCUT2D eigenvalue weighted by atomic mass is 28.3. The summed E-state index contributed by atoms with van der Waals surface area (Å²) < 4.78 is 13.3. The van der Waals surface area contributed by atoms with Gasteiger partial charge < -0.3 is 8.85 Å². The predicted molar refractivity (Wildman–Crippen MR) is 152 cm³/mol. The molecule has 192 valence electrons. The molecular weight excluding hydrogens is 464 g/mol. The summed E-state index contributed by atoms with van der Waals surface area (Å²) in [6.45, 7) is 24.1. The Balaban J connectivity index is 2.55. The van der Waals surface area contributed by atoms with Crippen LogP contribution in [0.2, 0.25) is 26.2 Å². The van der Waals surface area contributed by atoms with Gasteiger partial charge in [0.1, 0.15) is 0 Å². The van der Waals surface area contributed by atoms with Gasteiger partial charge in [-0.3, -0.25) is 4.79 Å². The summed E-state index contributed by atoms with van der Waals surface area (Å²) in [6, 6.07) is 14.9. The van der Waals surface area contributed by atoms with Gasteiger partial charge in [0.15, 0.2) is 5.78 Å². The number of aryl methyl sites for hydroxylation is 2. The summed E-state index contributed by atoms with van der Waals surface area (Å²) in [5.74, 6) is 0.112. The highest BCUT2D eigenvalue weighted by Gasteiger charge is 2.36. The maximum atomic E-state index is 11.8. The lowest BCUT2D eigenvalue weighted by Gasteiger charge is -2.39. The molecule has 0 aromatic heterocycles. The van der Waals surface area contributed by atoms with Crippen LogP contribution in [0.25, 0.3) is 0 Å². The number of Topliss-reactive ketones (excluding diaryl/α,β-unsaturated/α-hetero) is 1. The minimum Gasteiger partial charge on any atom is -0.410 e. The Hall–Kier alpha value is -1.54. The van der Waals surface area contributed by atoms with E-state index in [-0.39, 0.29) is 28.8 Å². The van der Waals surface area contributed by atoms with Crippen molar-refractivity contribution in [2.24, 2.45) is 10.8 Å². The van der Waals surface area contributed by atoms with Gasteiger partial charge in [-0.25, -0.2) is 0 Å². The van der Waals surface area contributed by atoms with Crippen LogP contribution in [0.15, 0.2) is 42.5 Å². The molecule has 2 atom stereocenters. The summed E-state index contributed by atoms with van der Waals surface area (Å²) in [5.41, 5.74) is 5.72. The van der Waals surface area contributed by atoms with Crippen LogP contribution in [0.5, 0.6) is 0 Å². The first-order valence-corrected chi connectivity index (χ1v) is 17.6. The Labute approximate surface area is 218 Å². The van der Waals surface area contributed by atoms with Crippen LogP contribution in [0.4, 0.5) is 0 Å². The van der Waals surface area contributed by atoms with E-state index in [0.29, 0.717) is 0 Å². The van der Waals surface area contributed by atoms with Crippen molar-refractivity contribution in [2.45, 2.75) is 99.7 Å². The standard InChI is InChI=1S/C30H46O3Si2/c1-21(31)24-14-12-13-22(19-24)15-16-23-17-18-25(27(29(2,3)4)32-34(8)9)26(20-23)28(30(5,6)7)33-35(10)11/h12-14,17-20,27-28H,15-16H2,1-11H3. The van der Waals surface area contributed by atoms with Crippen LogP contribution >= 0.6 is 0 Å². The molecule has 0 aliphatic heterocycles. The second kappa shape index (κ2) is 12.1. The number of carbonyl (C=O) groups excluding carboxylic acids is 1. The van der Waals surface area contributed by atoms with Crippen molar-refractivity contribution in [1.29, 1.82) is 0 Å². The number of hydrogen-bond acceptors (Lipinski definition) is 3. The van der Waals surface area contributed by atoms with Gasteiger partial charge in [-0.1, -0.05) is 77.9 Å². The number of benzene rings is 2. The number of hydrogen-bond donors (Lipinski definition) is 0. The molecule has 0 aliphatic carbocycles. The summed E-state index contributed by atoms with van der Waals surface area (Å²) in [7, 11) is -1.80. The first-order chi connectivity index (χ1) is 16.1. The van der Waals surface area contributed by atoms with Gasteiger partial charge in [-0.2, -0.15) is 0 Å². The summed E-state index contributed by atoms with van der Waals surface area (Å²) >= 11 is 0. The van der Waals surface area contributed by atoms with Crippen LogP contribution < -0.4 is 0 Å². The van der Waals surface area contributed by atoms with Crippen molar-refractivity contribution in [3.8, 4) is 0 Å². The average molecular weight is 511 g/mol. The average Bonchev–Trinajstić information content (AvgIpc) is 2.73. The van der Waals surface area contributed by atoms with E-state index in [4.69, 9.17) is 8.85 Å². The molecule has 2 aromatic carbocycles. The SMILES string of the molecule is CC(=O)c1cccc(CCc2ccc(C(O[Si](C)C)C(C)(C)C)c(C(O[Si](C)C)C(C)(C)C)c2)c1. The molecule has 0 saturated heterocycles. The van der Waals surface area contributed by atoms with E-state index in [9.17, 15) is 4.79 Å². The third kappa shape index (κ3) is 8.81. The Morgan fingerprint density at radius 1 is 0.743 bits per heavy atom. The van der Waals surface area contributed by atoms with Crippen molar-refractivity contribution >= 4 is 23.9 Å². The Morgan fingerprint density at radius 2 is 1.23 bits per heavy atom. The van der Waals surface area contributed by atoms with Crippen LogP contribution in [-0.4, -0.2) is 23.9 Å². The van der Waals surface area contributed by atoms with Crippen molar-refractivity contribution < 1.29 is 13.6 Å². The zero-order valence-corrected chi connectivity index (χ0v) is 25.8. The monoisotopic (exact) mass is 510 g/mol. The van der Waals surface area contributed by atoms with Crippen LogP contribution in [0.3, 0.4) is 0 Å². The second-order valence-electron chi connectivity index (χ2n) is 12.3. The Kier molecular flexibility index (Phi) is 10.3. The zero-order valence-electron chi connectivity index (χ0n) is 23.8. The first-order valence-electron chi connectivity index (χ1n) is 12.8. The normalized spacial score (nSPS) is 14.4. The van der Waals surface area contributed by atoms with Crippen molar-refractivity contribution in [3.63, 3.8) is 0 Å². The van der Waals surface area contributed by atoms with Crippen LogP contribution in [0.1, 0.15) is 93.3 Å². The Bertz CT molecular complexity index is 984. The molecule has 2 rings (SSSR count). The molecule has 0 spiro atoms. The van der Waals surface area contributed by atoms with Crippen molar-refractivity contribution in [2.75, 3.05) is 0 Å². The van der Waals surface area contributed by atoms with E-state index in [1.807, 2.05) is 18.2 Å². The van der Waals surface area contributed by atoms with E-state index < -0.39 is 18.1 Å². The van der Waals surface area contributed by atoms with Crippen LogP contribution in [-0.2, 0) is 21.7 Å². The maximum absolute atomic E-state index is 11.8. The molecule has 0 heterocycles. The first kappa shape index (κ1) is 29.7. The smallest absolute Gasteiger partial charge is 0.205 e. The summed E-state index contributed by atoms with van der Waals surface area (Å²) in [5, 5.41) is 0. The Morgan fingerprint density at radius 3 is 1.69 bits per heavy atom. The molecule has 0 saturated carbocycles. The van der Waals surface area contributed by atoms with Gasteiger partial charge >= 0.3 is 0 Å². The molecule has 3 nitrogen and oxygen atoms in total. The fraction of sp³-hybridized carbons (Fsp3) is 0.567. The van der Waals surface area contributed by atoms with E-state index in [2.05, 4.69) is 92.0 Å². The summed E-state index contributed by atoms with van der Waals surface area (Å²) in [6.07, 6.45) is 1.83. The van der Waals surface area contributed by atoms with E-state index in [1.54, 1.807) is 6.92 Å². The third-order valence-electron chi connectivity index (χ3n) is 6.03. The lowest BCUT2D eigenvalue weighted by atomic mass is 9.77. The van der Waals surface area contributed by atoms with Gasteiger partial charge in [0.25, 0.3) is 0 Å². The third-order valence-corrected chi connectivity index (χ3v) is 7.45. The lowest BCUT2D eigenvalue weighted by Crippen LogP contribution is -2.31. The highest BCUT2D eigenvalue weighted by molar-refractivity contribution is 6.48. The fourth-order valence-corrected chi connectivity index (χ4v) is 6.27. The van der Waals surface area contributed by atoms with Crippen molar-refractivity contribution in [1.82, 2.24) is 0 Å².